The fourth-order valence-corrected chi connectivity index (χ4v) is 8.27. The number of benzene rings is 2. The van der Waals surface area contributed by atoms with E-state index in [-0.39, 0.29) is 12.1 Å². The quantitative estimate of drug-likeness (QED) is 0.352. The van der Waals surface area contributed by atoms with Gasteiger partial charge in [-0.15, -0.1) is 0 Å². The Morgan fingerprint density at radius 2 is 1.78 bits per heavy atom. The number of carbonyl (C=O) groups is 1. The zero-order chi connectivity index (χ0) is 31.5. The van der Waals surface area contributed by atoms with Crippen LogP contribution >= 0.6 is 0 Å². The van der Waals surface area contributed by atoms with E-state index in [1.165, 1.54) is 46.3 Å². The highest BCUT2D eigenvalue weighted by molar-refractivity contribution is 5.91. The minimum absolute atomic E-state index is 0.106. The number of piperazine rings is 1. The first-order chi connectivity index (χ1) is 22.4. The van der Waals surface area contributed by atoms with E-state index in [4.69, 9.17) is 14.5 Å². The lowest BCUT2D eigenvalue weighted by atomic mass is 9.89. The fraction of sp³-hybridized carbons (Fsp3) is 0.459. The van der Waals surface area contributed by atoms with E-state index >= 15 is 0 Å². The predicted octanol–water partition coefficient (Wildman–Crippen LogP) is 5.58. The standard InChI is InChI=1S/C37H42FN5O3/c1-23-18-43-27(20-42(23)37(44)24(2)38)22-45-35-34(43)30-15-17-41(32-12-6-9-25-8-4-5-11-28(25)32)21-31(30)39-36(35)46-33-13-7-10-26-19-40(3)16-14-29(26)33/h6-7,9-10,12-13,23,27H,2,4-5,8,11,14-22H2,1,3H3/t23-,27-/m1/s1. The normalized spacial score (nSPS) is 22.1. The average Bonchev–Trinajstić information content (AvgIpc) is 3.07. The van der Waals surface area contributed by atoms with E-state index in [0.29, 0.717) is 37.9 Å². The summed E-state index contributed by atoms with van der Waals surface area (Å²) in [6.45, 7) is 9.99. The summed E-state index contributed by atoms with van der Waals surface area (Å²) in [5.41, 5.74) is 10.0. The minimum Gasteiger partial charge on any atom is -0.484 e. The van der Waals surface area contributed by atoms with E-state index in [1.807, 2.05) is 13.0 Å². The van der Waals surface area contributed by atoms with Crippen molar-refractivity contribution in [2.45, 2.75) is 70.6 Å². The predicted molar refractivity (Wildman–Crippen MR) is 177 cm³/mol. The summed E-state index contributed by atoms with van der Waals surface area (Å²) >= 11 is 0. The third kappa shape index (κ3) is 5.00. The van der Waals surface area contributed by atoms with Crippen molar-refractivity contribution < 1.29 is 18.7 Å². The number of nitrogens with zero attached hydrogens (tertiary/aromatic N) is 5. The van der Waals surface area contributed by atoms with E-state index in [2.05, 4.69) is 58.7 Å². The number of carbonyl (C=O) groups excluding carboxylic acids is 1. The van der Waals surface area contributed by atoms with Gasteiger partial charge in [-0.3, -0.25) is 4.79 Å². The number of ether oxygens (including phenoxy) is 2. The molecule has 0 bridgehead atoms. The molecule has 0 N–H and O–H groups in total. The van der Waals surface area contributed by atoms with E-state index < -0.39 is 11.7 Å². The van der Waals surface area contributed by atoms with Crippen LogP contribution < -0.4 is 19.3 Å². The second-order valence-electron chi connectivity index (χ2n) is 13.6. The molecule has 1 aromatic heterocycles. The Hall–Kier alpha value is -4.11. The maximum atomic E-state index is 14.0. The Kier molecular flexibility index (Phi) is 7.39. The fourth-order valence-electron chi connectivity index (χ4n) is 8.27. The number of hydrogen-bond donors (Lipinski definition) is 0. The van der Waals surface area contributed by atoms with Gasteiger partial charge in [0, 0.05) is 55.6 Å². The van der Waals surface area contributed by atoms with Gasteiger partial charge in [-0.1, -0.05) is 30.8 Å². The van der Waals surface area contributed by atoms with Crippen molar-refractivity contribution in [2.24, 2.45) is 0 Å². The van der Waals surface area contributed by atoms with Crippen LogP contribution in [-0.4, -0.2) is 72.6 Å². The Bertz CT molecular complexity index is 1730. The number of fused-ring (bicyclic) bond motifs is 7. The van der Waals surface area contributed by atoms with E-state index in [1.54, 1.807) is 4.90 Å². The summed E-state index contributed by atoms with van der Waals surface area (Å²) in [6.07, 6.45) is 6.50. The molecule has 9 heteroatoms. The van der Waals surface area contributed by atoms with Crippen LogP contribution in [0.1, 0.15) is 53.3 Å². The SMILES string of the molecule is C=C(F)C(=O)N1C[C@@H]2COc3c(Oc4cccc5c4CCN(C)C5)nc4c(c3N2C[C@H]1C)CCN(c1cccc2c1CCCC2)C4. The van der Waals surface area contributed by atoms with Crippen LogP contribution in [-0.2, 0) is 43.6 Å². The van der Waals surface area contributed by atoms with Crippen molar-refractivity contribution in [3.8, 4) is 17.4 Å². The Morgan fingerprint density at radius 3 is 2.65 bits per heavy atom. The van der Waals surface area contributed by atoms with Crippen LogP contribution in [0.5, 0.6) is 17.4 Å². The van der Waals surface area contributed by atoms with Crippen molar-refractivity contribution >= 4 is 17.3 Å². The minimum atomic E-state index is -0.921. The lowest BCUT2D eigenvalue weighted by Crippen LogP contribution is -2.62. The summed E-state index contributed by atoms with van der Waals surface area (Å²) in [5.74, 6) is 0.448. The molecule has 46 heavy (non-hydrogen) atoms. The summed E-state index contributed by atoms with van der Waals surface area (Å²) in [5, 5.41) is 0. The van der Waals surface area contributed by atoms with Gasteiger partial charge in [-0.25, -0.2) is 9.37 Å². The molecule has 0 saturated carbocycles. The number of likely N-dealkylation sites (N-methyl/N-ethyl adjacent to an activating group) is 1. The van der Waals surface area contributed by atoms with Crippen LogP contribution in [0.2, 0.25) is 0 Å². The average molecular weight is 624 g/mol. The molecule has 240 valence electrons. The number of anilines is 2. The maximum absolute atomic E-state index is 14.0. The highest BCUT2D eigenvalue weighted by atomic mass is 19.1. The first-order valence-electron chi connectivity index (χ1n) is 16.8. The lowest BCUT2D eigenvalue weighted by molar-refractivity contribution is -0.131. The zero-order valence-electron chi connectivity index (χ0n) is 26.9. The van der Waals surface area contributed by atoms with Crippen LogP contribution in [0, 0.1) is 0 Å². The Balaban J connectivity index is 1.20. The highest BCUT2D eigenvalue weighted by Gasteiger charge is 2.43. The molecule has 2 atom stereocenters. The van der Waals surface area contributed by atoms with Crippen molar-refractivity contribution in [1.82, 2.24) is 14.8 Å². The summed E-state index contributed by atoms with van der Waals surface area (Å²) in [4.78, 5) is 26.7. The second kappa shape index (κ2) is 11.6. The molecule has 8 rings (SSSR count). The largest absolute Gasteiger partial charge is 0.484 e. The second-order valence-corrected chi connectivity index (χ2v) is 13.6. The molecule has 0 spiro atoms. The lowest BCUT2D eigenvalue weighted by Gasteiger charge is -2.49. The number of rotatable bonds is 4. The molecule has 2 aromatic carbocycles. The molecule has 1 fully saturated rings. The number of aromatic nitrogens is 1. The summed E-state index contributed by atoms with van der Waals surface area (Å²) in [6, 6.07) is 12.8. The number of halogens is 1. The van der Waals surface area contributed by atoms with Gasteiger partial charge in [0.15, 0.2) is 5.83 Å². The molecular weight excluding hydrogens is 581 g/mol. The molecule has 1 amide bonds. The van der Waals surface area contributed by atoms with Crippen LogP contribution in [0.3, 0.4) is 0 Å². The zero-order valence-corrected chi connectivity index (χ0v) is 26.9. The molecule has 8 nitrogen and oxygen atoms in total. The van der Waals surface area contributed by atoms with Gasteiger partial charge in [0.2, 0.25) is 5.75 Å². The van der Waals surface area contributed by atoms with Crippen molar-refractivity contribution in [3.63, 3.8) is 0 Å². The highest BCUT2D eigenvalue weighted by Crippen LogP contribution is 2.49. The van der Waals surface area contributed by atoms with E-state index in [0.717, 1.165) is 62.4 Å². The molecular formula is C37H42FN5O3. The van der Waals surface area contributed by atoms with Gasteiger partial charge >= 0.3 is 0 Å². The summed E-state index contributed by atoms with van der Waals surface area (Å²) < 4.78 is 27.3. The van der Waals surface area contributed by atoms with Crippen molar-refractivity contribution in [1.29, 1.82) is 0 Å². The molecule has 1 aliphatic carbocycles. The maximum Gasteiger partial charge on any atom is 0.282 e. The van der Waals surface area contributed by atoms with Gasteiger partial charge in [-0.05, 0) is 81.3 Å². The monoisotopic (exact) mass is 623 g/mol. The summed E-state index contributed by atoms with van der Waals surface area (Å²) in [7, 11) is 2.15. The smallest absolute Gasteiger partial charge is 0.282 e. The van der Waals surface area contributed by atoms with Crippen LogP contribution in [0.25, 0.3) is 0 Å². The first-order valence-corrected chi connectivity index (χ1v) is 16.8. The number of aryl methyl sites for hydroxylation is 1. The van der Waals surface area contributed by atoms with Crippen molar-refractivity contribution in [2.75, 3.05) is 49.6 Å². The van der Waals surface area contributed by atoms with Gasteiger partial charge in [0.25, 0.3) is 11.8 Å². The van der Waals surface area contributed by atoms with Crippen molar-refractivity contribution in [3.05, 3.63) is 82.3 Å². The molecule has 5 aliphatic rings. The first kappa shape index (κ1) is 29.3. The Morgan fingerprint density at radius 1 is 0.978 bits per heavy atom. The topological polar surface area (TPSA) is 61.4 Å². The molecule has 0 radical (unpaired) electrons. The third-order valence-electron chi connectivity index (χ3n) is 10.6. The van der Waals surface area contributed by atoms with Gasteiger partial charge < -0.3 is 29.1 Å². The van der Waals surface area contributed by atoms with Gasteiger partial charge in [-0.2, -0.15) is 0 Å². The number of hydrogen-bond acceptors (Lipinski definition) is 7. The number of amides is 1. The van der Waals surface area contributed by atoms with Crippen LogP contribution in [0.15, 0.2) is 48.8 Å². The molecule has 4 aliphatic heterocycles. The van der Waals surface area contributed by atoms with E-state index in [9.17, 15) is 9.18 Å². The van der Waals surface area contributed by atoms with Gasteiger partial charge in [0.1, 0.15) is 12.4 Å². The molecule has 0 unspecified atom stereocenters. The molecule has 5 heterocycles. The van der Waals surface area contributed by atoms with Crippen LogP contribution in [0.4, 0.5) is 15.8 Å². The van der Waals surface area contributed by atoms with Gasteiger partial charge in [0.05, 0.1) is 24.0 Å². The molecule has 1 saturated heterocycles. The number of pyridine rings is 1. The third-order valence-corrected chi connectivity index (χ3v) is 10.6. The Labute approximate surface area is 270 Å². The molecule has 3 aromatic rings.